The smallest absolute Gasteiger partial charge is 0.0404 e. The van der Waals surface area contributed by atoms with Gasteiger partial charge >= 0.3 is 0 Å². The van der Waals surface area contributed by atoms with Crippen molar-refractivity contribution in [3.05, 3.63) is 30.1 Å². The predicted octanol–water partition coefficient (Wildman–Crippen LogP) is 2.67. The van der Waals surface area contributed by atoms with Gasteiger partial charge in [-0.3, -0.25) is 4.98 Å². The first-order valence-electron chi connectivity index (χ1n) is 3.39. The van der Waals surface area contributed by atoms with E-state index in [0.29, 0.717) is 0 Å². The van der Waals surface area contributed by atoms with Crippen molar-refractivity contribution in [3.63, 3.8) is 0 Å². The van der Waals surface area contributed by atoms with Crippen molar-refractivity contribution in [2.45, 2.75) is 12.8 Å². The van der Waals surface area contributed by atoms with Crippen LogP contribution in [0.1, 0.15) is 12.1 Å². The van der Waals surface area contributed by atoms with Crippen LogP contribution in [0.25, 0.3) is 0 Å². The summed E-state index contributed by atoms with van der Waals surface area (Å²) in [6, 6.07) is 5.94. The standard InChI is InChI=1S/C8H10ClN.ClH/c9-6-3-5-8-4-1-2-7-10-8;/h1-2,4,7H,3,5-6H2;1H. The summed E-state index contributed by atoms with van der Waals surface area (Å²) in [7, 11) is 0. The molecule has 0 aromatic carbocycles. The van der Waals surface area contributed by atoms with Crippen LogP contribution < -0.4 is 0 Å². The van der Waals surface area contributed by atoms with Crippen LogP contribution in [0.4, 0.5) is 0 Å². The Balaban J connectivity index is 0.000001000. The van der Waals surface area contributed by atoms with E-state index in [0.717, 1.165) is 24.4 Å². The number of alkyl halides is 1. The number of rotatable bonds is 3. The zero-order chi connectivity index (χ0) is 7.23. The van der Waals surface area contributed by atoms with Crippen LogP contribution in [-0.2, 0) is 6.42 Å². The number of hydrogen-bond donors (Lipinski definition) is 0. The van der Waals surface area contributed by atoms with Gasteiger partial charge in [0.1, 0.15) is 0 Å². The minimum Gasteiger partial charge on any atom is -0.261 e. The Labute approximate surface area is 78.2 Å². The average molecular weight is 192 g/mol. The largest absolute Gasteiger partial charge is 0.261 e. The van der Waals surface area contributed by atoms with E-state index in [1.54, 1.807) is 0 Å². The molecule has 0 radical (unpaired) electrons. The number of pyridine rings is 1. The van der Waals surface area contributed by atoms with Gasteiger partial charge in [-0.25, -0.2) is 0 Å². The molecule has 1 heterocycles. The maximum absolute atomic E-state index is 5.52. The van der Waals surface area contributed by atoms with Gasteiger partial charge in [0.05, 0.1) is 0 Å². The zero-order valence-electron chi connectivity index (χ0n) is 6.16. The predicted molar refractivity (Wildman–Crippen MR) is 50.5 cm³/mol. The molecule has 0 aliphatic carbocycles. The number of aryl methyl sites for hydroxylation is 1. The van der Waals surface area contributed by atoms with Crippen molar-refractivity contribution < 1.29 is 0 Å². The molecule has 0 amide bonds. The van der Waals surface area contributed by atoms with Gasteiger partial charge in [0.15, 0.2) is 0 Å². The topological polar surface area (TPSA) is 12.9 Å². The second-order valence-electron chi connectivity index (χ2n) is 2.11. The van der Waals surface area contributed by atoms with Gasteiger partial charge in [-0.2, -0.15) is 0 Å². The minimum atomic E-state index is 0. The second kappa shape index (κ2) is 6.44. The summed E-state index contributed by atoms with van der Waals surface area (Å²) in [4.78, 5) is 4.16. The summed E-state index contributed by atoms with van der Waals surface area (Å²) in [5.41, 5.74) is 1.13. The molecule has 1 rings (SSSR count). The third-order valence-corrected chi connectivity index (χ3v) is 1.56. The highest BCUT2D eigenvalue weighted by Gasteiger charge is 1.89. The van der Waals surface area contributed by atoms with Crippen LogP contribution >= 0.6 is 24.0 Å². The van der Waals surface area contributed by atoms with Gasteiger partial charge in [-0.05, 0) is 25.0 Å². The van der Waals surface area contributed by atoms with Crippen LogP contribution in [0.2, 0.25) is 0 Å². The third kappa shape index (κ3) is 4.23. The molecule has 0 atom stereocenters. The highest BCUT2D eigenvalue weighted by molar-refractivity contribution is 6.17. The summed E-state index contributed by atoms with van der Waals surface area (Å²) in [6.07, 6.45) is 3.81. The van der Waals surface area contributed by atoms with Crippen LogP contribution in [0.5, 0.6) is 0 Å². The summed E-state index contributed by atoms with van der Waals surface area (Å²) in [5.74, 6) is 0.719. The maximum atomic E-state index is 5.52. The quantitative estimate of drug-likeness (QED) is 0.671. The van der Waals surface area contributed by atoms with Crippen molar-refractivity contribution in [2.24, 2.45) is 0 Å². The molecule has 0 N–H and O–H groups in total. The summed E-state index contributed by atoms with van der Waals surface area (Å²) in [5, 5.41) is 0. The van der Waals surface area contributed by atoms with E-state index < -0.39 is 0 Å². The van der Waals surface area contributed by atoms with Gasteiger partial charge in [0, 0.05) is 17.8 Å². The Morgan fingerprint density at radius 3 is 2.73 bits per heavy atom. The molecule has 1 aromatic heterocycles. The third-order valence-electron chi connectivity index (χ3n) is 1.29. The molecule has 1 aromatic rings. The molecule has 11 heavy (non-hydrogen) atoms. The normalized spacial score (nSPS) is 8.82. The van der Waals surface area contributed by atoms with Gasteiger partial charge < -0.3 is 0 Å². The van der Waals surface area contributed by atoms with Gasteiger partial charge in [-0.15, -0.1) is 24.0 Å². The number of halogens is 2. The van der Waals surface area contributed by atoms with E-state index in [2.05, 4.69) is 4.98 Å². The first-order valence-corrected chi connectivity index (χ1v) is 3.93. The van der Waals surface area contributed by atoms with Crippen molar-refractivity contribution in [1.29, 1.82) is 0 Å². The molecule has 1 nitrogen and oxygen atoms in total. The Morgan fingerprint density at radius 1 is 1.36 bits per heavy atom. The molecular formula is C8H11Cl2N. The molecule has 3 heteroatoms. The van der Waals surface area contributed by atoms with Crippen LogP contribution in [0.15, 0.2) is 24.4 Å². The Bertz CT molecular complexity index is 177. The van der Waals surface area contributed by atoms with Crippen molar-refractivity contribution >= 4 is 24.0 Å². The van der Waals surface area contributed by atoms with Gasteiger partial charge in [0.2, 0.25) is 0 Å². The summed E-state index contributed by atoms with van der Waals surface area (Å²) in [6.45, 7) is 0. The molecule has 0 unspecified atom stereocenters. The number of aromatic nitrogens is 1. The van der Waals surface area contributed by atoms with E-state index in [1.165, 1.54) is 0 Å². The lowest BCUT2D eigenvalue weighted by Crippen LogP contribution is -1.88. The van der Waals surface area contributed by atoms with E-state index >= 15 is 0 Å². The highest BCUT2D eigenvalue weighted by atomic mass is 35.5. The molecule has 0 saturated carbocycles. The van der Waals surface area contributed by atoms with Crippen molar-refractivity contribution in [2.75, 3.05) is 5.88 Å². The maximum Gasteiger partial charge on any atom is 0.0404 e. The summed E-state index contributed by atoms with van der Waals surface area (Å²) >= 11 is 5.52. The van der Waals surface area contributed by atoms with Gasteiger partial charge in [-0.1, -0.05) is 6.07 Å². The first-order chi connectivity index (χ1) is 4.93. The Kier molecular flexibility index (Phi) is 6.28. The first kappa shape index (κ1) is 10.7. The van der Waals surface area contributed by atoms with Crippen molar-refractivity contribution in [1.82, 2.24) is 4.98 Å². The highest BCUT2D eigenvalue weighted by Crippen LogP contribution is 1.98. The van der Waals surface area contributed by atoms with E-state index in [-0.39, 0.29) is 12.4 Å². The monoisotopic (exact) mass is 191 g/mol. The average Bonchev–Trinajstić information content (AvgIpc) is 2.03. The lowest BCUT2D eigenvalue weighted by molar-refractivity contribution is 0.888. The molecule has 0 bridgehead atoms. The fourth-order valence-corrected chi connectivity index (χ4v) is 0.928. The zero-order valence-corrected chi connectivity index (χ0v) is 7.74. The molecule has 0 spiro atoms. The molecule has 0 saturated heterocycles. The van der Waals surface area contributed by atoms with Crippen LogP contribution in [-0.4, -0.2) is 10.9 Å². The number of hydrogen-bond acceptors (Lipinski definition) is 1. The fourth-order valence-electron chi connectivity index (χ4n) is 0.794. The lowest BCUT2D eigenvalue weighted by atomic mass is 10.2. The fraction of sp³-hybridized carbons (Fsp3) is 0.375. The Morgan fingerprint density at radius 2 is 2.18 bits per heavy atom. The minimum absolute atomic E-state index is 0. The molecule has 0 fully saturated rings. The molecule has 62 valence electrons. The molecule has 0 aliphatic rings. The SMILES string of the molecule is Cl.ClCCCc1ccccn1. The Hall–Kier alpha value is -0.270. The molecule has 0 aliphatic heterocycles. The lowest BCUT2D eigenvalue weighted by Gasteiger charge is -1.94. The van der Waals surface area contributed by atoms with Crippen LogP contribution in [0.3, 0.4) is 0 Å². The summed E-state index contributed by atoms with van der Waals surface area (Å²) < 4.78 is 0. The number of nitrogens with zero attached hydrogens (tertiary/aromatic N) is 1. The van der Waals surface area contributed by atoms with Gasteiger partial charge in [0.25, 0.3) is 0 Å². The molecular weight excluding hydrogens is 181 g/mol. The van der Waals surface area contributed by atoms with Crippen LogP contribution in [0, 0.1) is 0 Å². The van der Waals surface area contributed by atoms with E-state index in [1.807, 2.05) is 24.4 Å². The van der Waals surface area contributed by atoms with E-state index in [9.17, 15) is 0 Å². The van der Waals surface area contributed by atoms with Crippen molar-refractivity contribution in [3.8, 4) is 0 Å². The van der Waals surface area contributed by atoms with E-state index in [4.69, 9.17) is 11.6 Å². The second-order valence-corrected chi connectivity index (χ2v) is 2.49.